The second-order valence-corrected chi connectivity index (χ2v) is 5.89. The number of aromatic amines is 1. The molecule has 0 saturated carbocycles. The molecule has 0 atom stereocenters. The predicted molar refractivity (Wildman–Crippen MR) is 77.9 cm³/mol. The average molecular weight is 289 g/mol. The molecule has 21 heavy (non-hydrogen) atoms. The number of nitrogens with one attached hydrogen (secondary N) is 2. The molecule has 7 nitrogen and oxygen atoms in total. The van der Waals surface area contributed by atoms with Crippen molar-refractivity contribution in [2.24, 2.45) is 7.05 Å². The van der Waals surface area contributed by atoms with Crippen LogP contribution in [0.5, 0.6) is 0 Å². The minimum absolute atomic E-state index is 0.0436. The molecule has 2 heterocycles. The van der Waals surface area contributed by atoms with E-state index in [-0.39, 0.29) is 22.6 Å². The zero-order chi connectivity index (χ0) is 15.6. The number of rotatable bonds is 3. The van der Waals surface area contributed by atoms with Crippen molar-refractivity contribution in [3.63, 3.8) is 0 Å². The minimum Gasteiger partial charge on any atom is -0.345 e. The fourth-order valence-electron chi connectivity index (χ4n) is 1.73. The molecular formula is C14H19N5O2. The largest absolute Gasteiger partial charge is 0.345 e. The normalized spacial score (nSPS) is 11.4. The Labute approximate surface area is 122 Å². The van der Waals surface area contributed by atoms with Crippen molar-refractivity contribution in [2.75, 3.05) is 0 Å². The molecule has 0 aliphatic rings. The number of hydrogen-bond acceptors (Lipinski definition) is 4. The van der Waals surface area contributed by atoms with Gasteiger partial charge in [-0.25, -0.2) is 4.68 Å². The number of hydrogen-bond donors (Lipinski definition) is 2. The highest BCUT2D eigenvalue weighted by Crippen LogP contribution is 2.20. The van der Waals surface area contributed by atoms with Crippen molar-refractivity contribution in [1.29, 1.82) is 0 Å². The number of amides is 1. The summed E-state index contributed by atoms with van der Waals surface area (Å²) in [7, 11) is 1.50. The summed E-state index contributed by atoms with van der Waals surface area (Å²) in [6.45, 7) is 6.53. The summed E-state index contributed by atoms with van der Waals surface area (Å²) in [6, 6.07) is 4.65. The Balaban J connectivity index is 2.02. The lowest BCUT2D eigenvalue weighted by atomic mass is 9.92. The first-order valence-corrected chi connectivity index (χ1v) is 6.65. The minimum atomic E-state index is -0.336. The second kappa shape index (κ2) is 5.51. The van der Waals surface area contributed by atoms with Gasteiger partial charge in [-0.3, -0.25) is 14.7 Å². The molecular weight excluding hydrogens is 270 g/mol. The first kappa shape index (κ1) is 15.0. The third-order valence-corrected chi connectivity index (χ3v) is 3.03. The van der Waals surface area contributed by atoms with Crippen LogP contribution in [-0.2, 0) is 19.0 Å². The number of carbonyl (C=O) groups excluding carboxylic acids is 1. The maximum atomic E-state index is 12.0. The van der Waals surface area contributed by atoms with Gasteiger partial charge in [0.25, 0.3) is 11.5 Å². The Morgan fingerprint density at radius 1 is 1.38 bits per heavy atom. The summed E-state index contributed by atoms with van der Waals surface area (Å²) >= 11 is 0. The van der Waals surface area contributed by atoms with Gasteiger partial charge in [-0.2, -0.15) is 10.2 Å². The molecule has 0 fully saturated rings. The molecule has 0 bridgehead atoms. The van der Waals surface area contributed by atoms with Crippen molar-refractivity contribution in [1.82, 2.24) is 25.3 Å². The Hall–Kier alpha value is -2.44. The van der Waals surface area contributed by atoms with Gasteiger partial charge in [-0.1, -0.05) is 20.8 Å². The highest BCUT2D eigenvalue weighted by molar-refractivity contribution is 5.91. The third-order valence-electron chi connectivity index (χ3n) is 3.03. The highest BCUT2D eigenvalue weighted by atomic mass is 16.2. The lowest BCUT2D eigenvalue weighted by Gasteiger charge is -2.13. The van der Waals surface area contributed by atoms with Crippen molar-refractivity contribution in [3.8, 4) is 0 Å². The predicted octanol–water partition coefficient (Wildman–Crippen LogP) is 0.731. The van der Waals surface area contributed by atoms with Gasteiger partial charge in [0.15, 0.2) is 0 Å². The van der Waals surface area contributed by atoms with Gasteiger partial charge < -0.3 is 5.32 Å². The van der Waals surface area contributed by atoms with Crippen LogP contribution in [0.1, 0.15) is 42.6 Å². The number of aryl methyl sites for hydroxylation is 1. The van der Waals surface area contributed by atoms with E-state index in [0.29, 0.717) is 6.54 Å². The van der Waals surface area contributed by atoms with Crippen LogP contribution < -0.4 is 10.9 Å². The van der Waals surface area contributed by atoms with E-state index in [9.17, 15) is 9.59 Å². The van der Waals surface area contributed by atoms with Gasteiger partial charge in [0, 0.05) is 18.5 Å². The van der Waals surface area contributed by atoms with Crippen molar-refractivity contribution < 1.29 is 4.79 Å². The van der Waals surface area contributed by atoms with Gasteiger partial charge in [0.2, 0.25) is 0 Å². The molecule has 2 aromatic rings. The van der Waals surface area contributed by atoms with E-state index in [2.05, 4.69) is 41.4 Å². The van der Waals surface area contributed by atoms with E-state index >= 15 is 0 Å². The maximum Gasteiger partial charge on any atom is 0.272 e. The Morgan fingerprint density at radius 2 is 2.10 bits per heavy atom. The SMILES string of the molecule is Cn1nc(C(=O)NCc2cc(C(C)(C)C)n[nH]2)ccc1=O. The Morgan fingerprint density at radius 3 is 2.67 bits per heavy atom. The average Bonchev–Trinajstić information content (AvgIpc) is 2.88. The van der Waals surface area contributed by atoms with Crippen LogP contribution in [0.4, 0.5) is 0 Å². The standard InChI is InChI=1S/C14H19N5O2/c1-14(2,3)11-7-9(16-17-11)8-15-13(21)10-5-6-12(20)19(4)18-10/h5-7H,8H2,1-4H3,(H,15,21)(H,16,17). The lowest BCUT2D eigenvalue weighted by molar-refractivity contribution is 0.0943. The zero-order valence-electron chi connectivity index (χ0n) is 12.6. The summed E-state index contributed by atoms with van der Waals surface area (Å²) < 4.78 is 1.13. The molecule has 0 spiro atoms. The molecule has 2 aromatic heterocycles. The van der Waals surface area contributed by atoms with E-state index in [1.54, 1.807) is 0 Å². The van der Waals surface area contributed by atoms with Crippen LogP contribution in [0.15, 0.2) is 23.0 Å². The summed E-state index contributed by atoms with van der Waals surface area (Å²) in [5, 5.41) is 13.8. The summed E-state index contributed by atoms with van der Waals surface area (Å²) in [5.74, 6) is -0.336. The maximum absolute atomic E-state index is 12.0. The van der Waals surface area contributed by atoms with Crippen LogP contribution >= 0.6 is 0 Å². The first-order chi connectivity index (χ1) is 9.77. The third kappa shape index (κ3) is 3.56. The van der Waals surface area contributed by atoms with Crippen LogP contribution in [0.3, 0.4) is 0 Å². The molecule has 0 aliphatic heterocycles. The zero-order valence-corrected chi connectivity index (χ0v) is 12.6. The fraction of sp³-hybridized carbons (Fsp3) is 0.429. The Bertz CT molecular complexity index is 709. The molecule has 112 valence electrons. The van der Waals surface area contributed by atoms with Gasteiger partial charge in [-0.05, 0) is 12.1 Å². The molecule has 0 aliphatic carbocycles. The van der Waals surface area contributed by atoms with E-state index in [4.69, 9.17) is 0 Å². The number of nitrogens with zero attached hydrogens (tertiary/aromatic N) is 3. The number of aromatic nitrogens is 4. The summed E-state index contributed by atoms with van der Waals surface area (Å²) in [6.07, 6.45) is 0. The van der Waals surface area contributed by atoms with Gasteiger partial charge in [-0.15, -0.1) is 0 Å². The van der Waals surface area contributed by atoms with Gasteiger partial charge >= 0.3 is 0 Å². The molecule has 7 heteroatoms. The van der Waals surface area contributed by atoms with E-state index in [0.717, 1.165) is 16.1 Å². The molecule has 0 unspecified atom stereocenters. The second-order valence-electron chi connectivity index (χ2n) is 5.89. The smallest absolute Gasteiger partial charge is 0.272 e. The Kier molecular flexibility index (Phi) is 3.93. The first-order valence-electron chi connectivity index (χ1n) is 6.65. The topological polar surface area (TPSA) is 92.7 Å². The molecule has 2 rings (SSSR count). The summed E-state index contributed by atoms with van der Waals surface area (Å²) in [5.41, 5.74) is 1.66. The number of carbonyl (C=O) groups is 1. The van der Waals surface area contributed by atoms with E-state index in [1.807, 2.05) is 6.07 Å². The monoisotopic (exact) mass is 289 g/mol. The molecule has 2 N–H and O–H groups in total. The fourth-order valence-corrected chi connectivity index (χ4v) is 1.73. The van der Waals surface area contributed by atoms with Crippen LogP contribution in [0, 0.1) is 0 Å². The van der Waals surface area contributed by atoms with Crippen LogP contribution in [0.25, 0.3) is 0 Å². The lowest BCUT2D eigenvalue weighted by Crippen LogP contribution is -2.28. The van der Waals surface area contributed by atoms with E-state index < -0.39 is 0 Å². The molecule has 0 aromatic carbocycles. The van der Waals surface area contributed by atoms with Crippen molar-refractivity contribution in [3.05, 3.63) is 45.6 Å². The molecule has 0 radical (unpaired) electrons. The van der Waals surface area contributed by atoms with Crippen molar-refractivity contribution >= 4 is 5.91 Å². The summed E-state index contributed by atoms with van der Waals surface area (Å²) in [4.78, 5) is 23.2. The molecule has 0 saturated heterocycles. The van der Waals surface area contributed by atoms with Gasteiger partial charge in [0.1, 0.15) is 5.69 Å². The van der Waals surface area contributed by atoms with Crippen molar-refractivity contribution in [2.45, 2.75) is 32.7 Å². The van der Waals surface area contributed by atoms with Crippen LogP contribution in [-0.4, -0.2) is 25.9 Å². The number of H-pyrrole nitrogens is 1. The van der Waals surface area contributed by atoms with E-state index in [1.165, 1.54) is 19.2 Å². The molecule has 1 amide bonds. The quantitative estimate of drug-likeness (QED) is 0.871. The highest BCUT2D eigenvalue weighted by Gasteiger charge is 2.17. The van der Waals surface area contributed by atoms with Crippen LogP contribution in [0.2, 0.25) is 0 Å². The van der Waals surface area contributed by atoms with Gasteiger partial charge in [0.05, 0.1) is 17.9 Å².